The smallest absolute Gasteiger partial charge is 0.416 e. The maximum Gasteiger partial charge on any atom is 0.416 e. The molecule has 116 valence electrons. The zero-order chi connectivity index (χ0) is 15.5. The summed E-state index contributed by atoms with van der Waals surface area (Å²) in [6.45, 7) is 1.91. The Morgan fingerprint density at radius 2 is 2.19 bits per heavy atom. The molecule has 0 radical (unpaired) electrons. The highest BCUT2D eigenvalue weighted by Crippen LogP contribution is 2.32. The van der Waals surface area contributed by atoms with Gasteiger partial charge in [-0.15, -0.1) is 0 Å². The van der Waals surface area contributed by atoms with Crippen molar-refractivity contribution in [3.8, 4) is 0 Å². The monoisotopic (exact) mass is 303 g/mol. The molecule has 0 aromatic heterocycles. The van der Waals surface area contributed by atoms with Crippen LogP contribution in [0.4, 0.5) is 18.9 Å². The standard InChI is InChI=1S/C14H16F3NO3/c15-14(16,17)10-1-2-12(11(7-10)13(19)20)18-5-3-9-4-6-21-8-9/h1-2,7,9,18H,3-6,8H2,(H,19,20). The van der Waals surface area contributed by atoms with Crippen LogP contribution in [0.2, 0.25) is 0 Å². The number of aromatic carboxylic acids is 1. The Hall–Kier alpha value is -1.76. The van der Waals surface area contributed by atoms with E-state index < -0.39 is 17.7 Å². The van der Waals surface area contributed by atoms with Crippen molar-refractivity contribution in [2.75, 3.05) is 25.1 Å². The Morgan fingerprint density at radius 1 is 1.43 bits per heavy atom. The van der Waals surface area contributed by atoms with Crippen molar-refractivity contribution in [1.82, 2.24) is 0 Å². The molecule has 2 N–H and O–H groups in total. The lowest BCUT2D eigenvalue weighted by atomic mass is 10.0. The van der Waals surface area contributed by atoms with Crippen molar-refractivity contribution in [2.45, 2.75) is 19.0 Å². The zero-order valence-electron chi connectivity index (χ0n) is 11.2. The van der Waals surface area contributed by atoms with Crippen LogP contribution in [0.5, 0.6) is 0 Å². The zero-order valence-corrected chi connectivity index (χ0v) is 11.2. The van der Waals surface area contributed by atoms with Gasteiger partial charge in [-0.1, -0.05) is 0 Å². The van der Waals surface area contributed by atoms with Crippen molar-refractivity contribution in [2.24, 2.45) is 5.92 Å². The summed E-state index contributed by atoms with van der Waals surface area (Å²) in [6.07, 6.45) is -2.80. The molecule has 1 aromatic carbocycles. The summed E-state index contributed by atoms with van der Waals surface area (Å²) >= 11 is 0. The third kappa shape index (κ3) is 4.10. The molecule has 1 aromatic rings. The highest BCUT2D eigenvalue weighted by Gasteiger charge is 2.31. The number of rotatable bonds is 5. The number of carboxylic acids is 1. The van der Waals surface area contributed by atoms with Gasteiger partial charge in [0.25, 0.3) is 0 Å². The van der Waals surface area contributed by atoms with E-state index in [9.17, 15) is 18.0 Å². The third-order valence-electron chi connectivity index (χ3n) is 3.47. The molecule has 1 aliphatic rings. The SMILES string of the molecule is O=C(O)c1cc(C(F)(F)F)ccc1NCCC1CCOC1. The Bertz CT molecular complexity index is 511. The molecule has 1 saturated heterocycles. The van der Waals surface area contributed by atoms with E-state index in [-0.39, 0.29) is 11.3 Å². The average molecular weight is 303 g/mol. The van der Waals surface area contributed by atoms with Gasteiger partial charge in [0.2, 0.25) is 0 Å². The number of nitrogens with one attached hydrogen (secondary N) is 1. The van der Waals surface area contributed by atoms with Gasteiger partial charge in [-0.3, -0.25) is 0 Å². The van der Waals surface area contributed by atoms with Crippen molar-refractivity contribution in [1.29, 1.82) is 0 Å². The number of hydrogen-bond donors (Lipinski definition) is 2. The van der Waals surface area contributed by atoms with Crippen LogP contribution in [0.3, 0.4) is 0 Å². The van der Waals surface area contributed by atoms with E-state index in [2.05, 4.69) is 5.32 Å². The number of carboxylic acid groups (broad SMARTS) is 1. The van der Waals surface area contributed by atoms with Gasteiger partial charge in [0.1, 0.15) is 0 Å². The van der Waals surface area contributed by atoms with Gasteiger partial charge in [-0.05, 0) is 37.0 Å². The van der Waals surface area contributed by atoms with Crippen molar-refractivity contribution >= 4 is 11.7 Å². The summed E-state index contributed by atoms with van der Waals surface area (Å²) < 4.78 is 43.0. The van der Waals surface area contributed by atoms with Crippen LogP contribution in [0.15, 0.2) is 18.2 Å². The Balaban J connectivity index is 2.05. The molecule has 2 rings (SSSR count). The van der Waals surface area contributed by atoms with Gasteiger partial charge in [0.15, 0.2) is 0 Å². The first-order valence-electron chi connectivity index (χ1n) is 6.64. The molecule has 0 saturated carbocycles. The number of halogens is 3. The first kappa shape index (κ1) is 15.6. The summed E-state index contributed by atoms with van der Waals surface area (Å²) in [7, 11) is 0. The van der Waals surface area contributed by atoms with E-state index in [0.29, 0.717) is 25.1 Å². The van der Waals surface area contributed by atoms with Crippen LogP contribution in [-0.4, -0.2) is 30.8 Å². The van der Waals surface area contributed by atoms with Gasteiger partial charge >= 0.3 is 12.1 Å². The fourth-order valence-electron chi connectivity index (χ4n) is 2.27. The molecule has 7 heteroatoms. The van der Waals surface area contributed by atoms with E-state index in [1.165, 1.54) is 0 Å². The highest BCUT2D eigenvalue weighted by atomic mass is 19.4. The van der Waals surface area contributed by atoms with E-state index in [1.54, 1.807) is 0 Å². The number of alkyl halides is 3. The van der Waals surface area contributed by atoms with Crippen LogP contribution in [0.1, 0.15) is 28.8 Å². The van der Waals surface area contributed by atoms with E-state index in [4.69, 9.17) is 9.84 Å². The first-order chi connectivity index (χ1) is 9.88. The van der Waals surface area contributed by atoms with Crippen LogP contribution < -0.4 is 5.32 Å². The second-order valence-electron chi connectivity index (χ2n) is 5.01. The van der Waals surface area contributed by atoms with Crippen LogP contribution in [-0.2, 0) is 10.9 Å². The maximum atomic E-state index is 12.6. The first-order valence-corrected chi connectivity index (χ1v) is 6.64. The largest absolute Gasteiger partial charge is 0.478 e. The number of benzene rings is 1. The van der Waals surface area contributed by atoms with Gasteiger partial charge in [0, 0.05) is 25.4 Å². The molecule has 0 bridgehead atoms. The predicted octanol–water partition coefficient (Wildman–Crippen LogP) is 3.24. The summed E-state index contributed by atoms with van der Waals surface area (Å²) in [6, 6.07) is 2.70. The number of anilines is 1. The molecular weight excluding hydrogens is 287 g/mol. The minimum absolute atomic E-state index is 0.203. The van der Waals surface area contributed by atoms with Gasteiger partial charge < -0.3 is 15.2 Å². The maximum absolute atomic E-state index is 12.6. The number of hydrogen-bond acceptors (Lipinski definition) is 3. The molecule has 1 aliphatic heterocycles. The molecule has 4 nitrogen and oxygen atoms in total. The Kier molecular flexibility index (Phi) is 4.72. The molecule has 1 unspecified atom stereocenters. The number of ether oxygens (including phenoxy) is 1. The fourth-order valence-corrected chi connectivity index (χ4v) is 2.27. The van der Waals surface area contributed by atoms with Gasteiger partial charge in [0.05, 0.1) is 11.1 Å². The lowest BCUT2D eigenvalue weighted by Crippen LogP contribution is -2.13. The summed E-state index contributed by atoms with van der Waals surface area (Å²) in [5.74, 6) is -0.965. The highest BCUT2D eigenvalue weighted by molar-refractivity contribution is 5.94. The van der Waals surface area contributed by atoms with E-state index in [1.807, 2.05) is 0 Å². The minimum atomic E-state index is -4.55. The minimum Gasteiger partial charge on any atom is -0.478 e. The Labute approximate surface area is 119 Å². The molecule has 0 aliphatic carbocycles. The molecular formula is C14H16F3NO3. The fraction of sp³-hybridized carbons (Fsp3) is 0.500. The molecule has 0 spiro atoms. The van der Waals surface area contributed by atoms with Gasteiger partial charge in [-0.2, -0.15) is 13.2 Å². The molecule has 1 fully saturated rings. The van der Waals surface area contributed by atoms with Crippen molar-refractivity contribution in [3.63, 3.8) is 0 Å². The lowest BCUT2D eigenvalue weighted by molar-refractivity contribution is -0.137. The van der Waals surface area contributed by atoms with Crippen LogP contribution in [0, 0.1) is 5.92 Å². The molecule has 0 amide bonds. The van der Waals surface area contributed by atoms with Crippen molar-refractivity contribution in [3.05, 3.63) is 29.3 Å². The summed E-state index contributed by atoms with van der Waals surface area (Å²) in [5.41, 5.74) is -1.13. The molecule has 21 heavy (non-hydrogen) atoms. The van der Waals surface area contributed by atoms with Crippen LogP contribution in [0.25, 0.3) is 0 Å². The van der Waals surface area contributed by atoms with Gasteiger partial charge in [-0.25, -0.2) is 4.79 Å². The summed E-state index contributed by atoms with van der Waals surface area (Å²) in [4.78, 5) is 11.1. The molecule has 1 atom stereocenters. The second-order valence-corrected chi connectivity index (χ2v) is 5.01. The van der Waals surface area contributed by atoms with E-state index in [0.717, 1.165) is 31.6 Å². The van der Waals surface area contributed by atoms with Crippen molar-refractivity contribution < 1.29 is 27.8 Å². The average Bonchev–Trinajstić information content (AvgIpc) is 2.90. The molecule has 1 heterocycles. The summed E-state index contributed by atoms with van der Waals surface area (Å²) in [5, 5.41) is 11.9. The lowest BCUT2D eigenvalue weighted by Gasteiger charge is -2.14. The predicted molar refractivity (Wildman–Crippen MR) is 70.4 cm³/mol. The topological polar surface area (TPSA) is 58.6 Å². The third-order valence-corrected chi connectivity index (χ3v) is 3.47. The number of carbonyl (C=O) groups is 1. The normalized spacial score (nSPS) is 18.7. The second kappa shape index (κ2) is 6.34. The quantitative estimate of drug-likeness (QED) is 0.876. The van der Waals surface area contributed by atoms with Crippen LogP contribution >= 0.6 is 0 Å². The van der Waals surface area contributed by atoms with E-state index >= 15 is 0 Å². The Morgan fingerprint density at radius 3 is 2.76 bits per heavy atom.